The van der Waals surface area contributed by atoms with Crippen LogP contribution in [0.15, 0.2) is 6.20 Å². The van der Waals surface area contributed by atoms with Crippen LogP contribution in [0.2, 0.25) is 0 Å². The predicted octanol–water partition coefficient (Wildman–Crippen LogP) is 0.910. The summed E-state index contributed by atoms with van der Waals surface area (Å²) in [5.41, 5.74) is 4.28. The number of aliphatic hydroxyl groups excluding tert-OH is 1. The molecule has 1 heterocycles. The highest BCUT2D eigenvalue weighted by molar-refractivity contribution is 5.34. The van der Waals surface area contributed by atoms with Crippen molar-refractivity contribution in [1.29, 1.82) is 0 Å². The van der Waals surface area contributed by atoms with Crippen molar-refractivity contribution in [1.82, 2.24) is 10.3 Å². The van der Waals surface area contributed by atoms with Crippen LogP contribution >= 0.6 is 0 Å². The standard InChI is InChI=1S/C10H16N2O/c1-7-8(2)12-4-9(6-13)10(7)5-11-3/h4,11,13H,5-6H2,1-3H3. The monoisotopic (exact) mass is 180 g/mol. The van der Waals surface area contributed by atoms with Gasteiger partial charge in [0.2, 0.25) is 0 Å². The van der Waals surface area contributed by atoms with Gasteiger partial charge in [0.15, 0.2) is 0 Å². The molecule has 0 saturated carbocycles. The topological polar surface area (TPSA) is 45.1 Å². The molecule has 0 atom stereocenters. The van der Waals surface area contributed by atoms with Gasteiger partial charge in [0.05, 0.1) is 6.61 Å². The van der Waals surface area contributed by atoms with Gasteiger partial charge in [0.25, 0.3) is 0 Å². The second kappa shape index (κ2) is 4.35. The molecule has 0 aromatic carbocycles. The van der Waals surface area contributed by atoms with E-state index in [9.17, 15) is 0 Å². The molecule has 0 aliphatic rings. The molecule has 1 rings (SSSR count). The highest BCUT2D eigenvalue weighted by Gasteiger charge is 2.06. The lowest BCUT2D eigenvalue weighted by molar-refractivity contribution is 0.279. The molecule has 72 valence electrons. The summed E-state index contributed by atoms with van der Waals surface area (Å²) in [6.45, 7) is 4.86. The van der Waals surface area contributed by atoms with E-state index in [1.807, 2.05) is 20.9 Å². The summed E-state index contributed by atoms with van der Waals surface area (Å²) in [6.07, 6.45) is 1.75. The summed E-state index contributed by atoms with van der Waals surface area (Å²) in [5.74, 6) is 0. The third kappa shape index (κ3) is 2.05. The third-order valence-corrected chi connectivity index (χ3v) is 2.32. The first kappa shape index (κ1) is 10.2. The van der Waals surface area contributed by atoms with Gasteiger partial charge < -0.3 is 10.4 Å². The molecule has 0 aliphatic carbocycles. The van der Waals surface area contributed by atoms with Crippen molar-refractivity contribution in [3.05, 3.63) is 28.6 Å². The van der Waals surface area contributed by atoms with Crippen LogP contribution in [0.1, 0.15) is 22.4 Å². The summed E-state index contributed by atoms with van der Waals surface area (Å²) in [7, 11) is 1.90. The van der Waals surface area contributed by atoms with Gasteiger partial charge >= 0.3 is 0 Å². The summed E-state index contributed by atoms with van der Waals surface area (Å²) >= 11 is 0. The summed E-state index contributed by atoms with van der Waals surface area (Å²) in [6, 6.07) is 0. The summed E-state index contributed by atoms with van der Waals surface area (Å²) in [5, 5.41) is 12.2. The molecule has 0 spiro atoms. The fourth-order valence-corrected chi connectivity index (χ4v) is 1.37. The second-order valence-electron chi connectivity index (χ2n) is 3.16. The first-order valence-electron chi connectivity index (χ1n) is 4.40. The maximum absolute atomic E-state index is 9.09. The molecule has 0 unspecified atom stereocenters. The average molecular weight is 180 g/mol. The molecule has 1 aromatic rings. The highest BCUT2D eigenvalue weighted by atomic mass is 16.3. The van der Waals surface area contributed by atoms with Crippen molar-refractivity contribution >= 4 is 0 Å². The molecule has 0 bridgehead atoms. The molecule has 0 fully saturated rings. The van der Waals surface area contributed by atoms with Gasteiger partial charge in [-0.05, 0) is 32.0 Å². The number of pyridine rings is 1. The lowest BCUT2D eigenvalue weighted by Crippen LogP contribution is -2.11. The number of aliphatic hydroxyl groups is 1. The number of aryl methyl sites for hydroxylation is 1. The van der Waals surface area contributed by atoms with Gasteiger partial charge in [-0.3, -0.25) is 4.98 Å². The molecular formula is C10H16N2O. The maximum Gasteiger partial charge on any atom is 0.0700 e. The van der Waals surface area contributed by atoms with Crippen LogP contribution in [0.5, 0.6) is 0 Å². The number of nitrogens with zero attached hydrogens (tertiary/aromatic N) is 1. The van der Waals surface area contributed by atoms with Crippen molar-refractivity contribution in [3.8, 4) is 0 Å². The van der Waals surface area contributed by atoms with E-state index in [-0.39, 0.29) is 6.61 Å². The Bertz CT molecular complexity index is 297. The van der Waals surface area contributed by atoms with Gasteiger partial charge in [-0.1, -0.05) is 0 Å². The van der Waals surface area contributed by atoms with E-state index in [2.05, 4.69) is 10.3 Å². The Kier molecular flexibility index (Phi) is 3.39. The van der Waals surface area contributed by atoms with Crippen LogP contribution in [-0.4, -0.2) is 17.1 Å². The van der Waals surface area contributed by atoms with Crippen LogP contribution in [0.25, 0.3) is 0 Å². The smallest absolute Gasteiger partial charge is 0.0700 e. The number of aromatic nitrogens is 1. The zero-order valence-corrected chi connectivity index (χ0v) is 8.39. The fourth-order valence-electron chi connectivity index (χ4n) is 1.37. The molecule has 3 nitrogen and oxygen atoms in total. The highest BCUT2D eigenvalue weighted by Crippen LogP contribution is 2.15. The van der Waals surface area contributed by atoms with Gasteiger partial charge in [-0.15, -0.1) is 0 Å². The average Bonchev–Trinajstić information content (AvgIpc) is 2.14. The number of rotatable bonds is 3. The maximum atomic E-state index is 9.09. The first-order chi connectivity index (χ1) is 6.20. The molecule has 3 heteroatoms. The van der Waals surface area contributed by atoms with E-state index in [4.69, 9.17) is 5.11 Å². The fraction of sp³-hybridized carbons (Fsp3) is 0.500. The van der Waals surface area contributed by atoms with E-state index < -0.39 is 0 Å². The lowest BCUT2D eigenvalue weighted by atomic mass is 10.0. The minimum absolute atomic E-state index is 0.0606. The number of nitrogens with one attached hydrogen (secondary N) is 1. The summed E-state index contributed by atoms with van der Waals surface area (Å²) in [4.78, 5) is 4.20. The Morgan fingerprint density at radius 3 is 2.69 bits per heavy atom. The molecule has 0 saturated heterocycles. The van der Waals surface area contributed by atoms with E-state index in [1.54, 1.807) is 6.20 Å². The first-order valence-corrected chi connectivity index (χ1v) is 4.40. The molecule has 1 aromatic heterocycles. The minimum Gasteiger partial charge on any atom is -0.392 e. The Balaban J connectivity index is 3.15. The van der Waals surface area contributed by atoms with Crippen LogP contribution in [0.4, 0.5) is 0 Å². The lowest BCUT2D eigenvalue weighted by Gasteiger charge is -2.11. The Labute approximate surface area is 78.8 Å². The van der Waals surface area contributed by atoms with E-state index in [0.717, 1.165) is 23.4 Å². The number of hydrogen-bond acceptors (Lipinski definition) is 3. The Hall–Kier alpha value is -0.930. The van der Waals surface area contributed by atoms with E-state index in [0.29, 0.717) is 0 Å². The predicted molar refractivity (Wildman–Crippen MR) is 52.4 cm³/mol. The normalized spacial score (nSPS) is 10.5. The number of hydrogen-bond donors (Lipinski definition) is 2. The van der Waals surface area contributed by atoms with Gasteiger partial charge in [-0.2, -0.15) is 0 Å². The Morgan fingerprint density at radius 2 is 2.15 bits per heavy atom. The van der Waals surface area contributed by atoms with Gasteiger partial charge in [-0.25, -0.2) is 0 Å². The second-order valence-corrected chi connectivity index (χ2v) is 3.16. The minimum atomic E-state index is 0.0606. The van der Waals surface area contributed by atoms with Crippen LogP contribution in [0, 0.1) is 13.8 Å². The van der Waals surface area contributed by atoms with Crippen LogP contribution in [0.3, 0.4) is 0 Å². The van der Waals surface area contributed by atoms with E-state index >= 15 is 0 Å². The van der Waals surface area contributed by atoms with Crippen molar-refractivity contribution in [3.63, 3.8) is 0 Å². The van der Waals surface area contributed by atoms with Crippen LogP contribution in [-0.2, 0) is 13.2 Å². The summed E-state index contributed by atoms with van der Waals surface area (Å²) < 4.78 is 0. The van der Waals surface area contributed by atoms with Crippen LogP contribution < -0.4 is 5.32 Å². The van der Waals surface area contributed by atoms with Gasteiger partial charge in [0, 0.05) is 24.0 Å². The SMILES string of the molecule is CNCc1c(CO)cnc(C)c1C. The quantitative estimate of drug-likeness (QED) is 0.726. The van der Waals surface area contributed by atoms with Crippen molar-refractivity contribution in [2.75, 3.05) is 7.05 Å². The zero-order chi connectivity index (χ0) is 9.84. The zero-order valence-electron chi connectivity index (χ0n) is 8.39. The molecular weight excluding hydrogens is 164 g/mol. The van der Waals surface area contributed by atoms with Crippen molar-refractivity contribution in [2.24, 2.45) is 0 Å². The third-order valence-electron chi connectivity index (χ3n) is 2.32. The molecule has 2 N–H and O–H groups in total. The van der Waals surface area contributed by atoms with E-state index in [1.165, 1.54) is 5.56 Å². The largest absolute Gasteiger partial charge is 0.392 e. The molecule has 0 radical (unpaired) electrons. The Morgan fingerprint density at radius 1 is 1.46 bits per heavy atom. The molecule has 0 amide bonds. The molecule has 13 heavy (non-hydrogen) atoms. The van der Waals surface area contributed by atoms with Crippen molar-refractivity contribution in [2.45, 2.75) is 27.0 Å². The molecule has 0 aliphatic heterocycles. The van der Waals surface area contributed by atoms with Crippen molar-refractivity contribution < 1.29 is 5.11 Å². The van der Waals surface area contributed by atoms with Gasteiger partial charge in [0.1, 0.15) is 0 Å².